The van der Waals surface area contributed by atoms with E-state index in [9.17, 15) is 13.2 Å². The first kappa shape index (κ1) is 20.0. The molecule has 0 radical (unpaired) electrons. The van der Waals surface area contributed by atoms with Gasteiger partial charge in [-0.25, -0.2) is 28.2 Å². The molecule has 152 valence electrons. The first-order valence-electron chi connectivity index (χ1n) is 8.71. The predicted octanol–water partition coefficient (Wildman–Crippen LogP) is 2.19. The number of hydrogen-bond donors (Lipinski definition) is 2. The number of nitrogens with two attached hydrogens (primary N) is 1. The molecule has 0 saturated heterocycles. The predicted molar refractivity (Wildman–Crippen MR) is 114 cm³/mol. The van der Waals surface area contributed by atoms with Crippen molar-refractivity contribution >= 4 is 44.4 Å². The highest BCUT2D eigenvalue weighted by Gasteiger charge is 2.14. The van der Waals surface area contributed by atoms with Crippen LogP contribution < -0.4 is 10.5 Å². The molecule has 0 aliphatic rings. The van der Waals surface area contributed by atoms with Gasteiger partial charge >= 0.3 is 0 Å². The van der Waals surface area contributed by atoms with Gasteiger partial charge in [-0.1, -0.05) is 36.0 Å². The van der Waals surface area contributed by atoms with E-state index in [4.69, 9.17) is 5.14 Å². The van der Waals surface area contributed by atoms with Crippen molar-refractivity contribution in [1.29, 1.82) is 0 Å². The van der Waals surface area contributed by atoms with Gasteiger partial charge in [0.25, 0.3) is 0 Å². The maximum atomic E-state index is 12.3. The average Bonchev–Trinajstić information content (AvgIpc) is 3.17. The topological polar surface area (TPSA) is 133 Å². The fourth-order valence-corrected chi connectivity index (χ4v) is 4.10. The summed E-state index contributed by atoms with van der Waals surface area (Å²) in [6.07, 6.45) is 3.09. The molecule has 2 heterocycles. The van der Waals surface area contributed by atoms with E-state index in [1.165, 1.54) is 36.3 Å². The van der Waals surface area contributed by atoms with Crippen molar-refractivity contribution in [3.05, 3.63) is 67.1 Å². The minimum absolute atomic E-state index is 0.0706. The van der Waals surface area contributed by atoms with Gasteiger partial charge in [0.15, 0.2) is 5.65 Å². The number of nitrogens with zero attached hydrogens (tertiary/aromatic N) is 4. The molecule has 9 nitrogen and oxygen atoms in total. The molecule has 0 aliphatic heterocycles. The standard InChI is InChI=1S/C19H16N6O3S2/c20-30(27,28)15-8-4-5-13(9-15)24-17(26)11-29-19-16-10-23-25(18(16)21-12-22-19)14-6-2-1-3-7-14/h1-10,12H,11H2,(H,24,26)(H2,20,27,28). The molecule has 0 saturated carbocycles. The molecular weight excluding hydrogens is 424 g/mol. The summed E-state index contributed by atoms with van der Waals surface area (Å²) in [4.78, 5) is 20.8. The third-order valence-electron chi connectivity index (χ3n) is 4.12. The third-order valence-corrected chi connectivity index (χ3v) is 6.03. The number of hydrogen-bond acceptors (Lipinski definition) is 7. The van der Waals surface area contributed by atoms with E-state index in [0.29, 0.717) is 16.4 Å². The Morgan fingerprint density at radius 3 is 2.67 bits per heavy atom. The van der Waals surface area contributed by atoms with Crippen LogP contribution in [0.1, 0.15) is 0 Å². The Hall–Kier alpha value is -3.28. The second kappa shape index (κ2) is 8.22. The van der Waals surface area contributed by atoms with E-state index in [2.05, 4.69) is 20.4 Å². The second-order valence-corrected chi connectivity index (χ2v) is 8.74. The molecular formula is C19H16N6O3S2. The molecule has 3 N–H and O–H groups in total. The van der Waals surface area contributed by atoms with Crippen molar-refractivity contribution in [3.8, 4) is 5.69 Å². The molecule has 30 heavy (non-hydrogen) atoms. The molecule has 2 aromatic carbocycles. The van der Waals surface area contributed by atoms with Gasteiger partial charge in [0, 0.05) is 5.69 Å². The number of thioether (sulfide) groups is 1. The van der Waals surface area contributed by atoms with Crippen LogP contribution in [0.15, 0.2) is 77.0 Å². The van der Waals surface area contributed by atoms with Gasteiger partial charge < -0.3 is 5.32 Å². The Bertz CT molecular complexity index is 1320. The lowest BCUT2D eigenvalue weighted by molar-refractivity contribution is -0.113. The zero-order valence-electron chi connectivity index (χ0n) is 15.5. The number of benzene rings is 2. The van der Waals surface area contributed by atoms with Crippen LogP contribution in [-0.2, 0) is 14.8 Å². The summed E-state index contributed by atoms with van der Waals surface area (Å²) in [7, 11) is -3.84. The van der Waals surface area contributed by atoms with Crippen LogP contribution in [0.25, 0.3) is 16.7 Å². The lowest BCUT2D eigenvalue weighted by atomic mass is 10.3. The summed E-state index contributed by atoms with van der Waals surface area (Å²) >= 11 is 1.24. The number of rotatable bonds is 6. The number of sulfonamides is 1. The number of para-hydroxylation sites is 1. The van der Waals surface area contributed by atoms with Gasteiger partial charge in [-0.2, -0.15) is 5.10 Å². The minimum atomic E-state index is -3.84. The molecule has 0 unspecified atom stereocenters. The fourth-order valence-electron chi connectivity index (χ4n) is 2.78. The Morgan fingerprint density at radius 1 is 1.10 bits per heavy atom. The van der Waals surface area contributed by atoms with Crippen molar-refractivity contribution in [3.63, 3.8) is 0 Å². The maximum absolute atomic E-state index is 12.3. The quantitative estimate of drug-likeness (QED) is 0.347. The number of aromatic nitrogens is 4. The van der Waals surface area contributed by atoms with Crippen LogP contribution >= 0.6 is 11.8 Å². The highest BCUT2D eigenvalue weighted by Crippen LogP contribution is 2.26. The summed E-state index contributed by atoms with van der Waals surface area (Å²) in [5.74, 6) is -0.240. The van der Waals surface area contributed by atoms with E-state index in [1.807, 2.05) is 30.3 Å². The van der Waals surface area contributed by atoms with Crippen molar-refractivity contribution in [1.82, 2.24) is 19.7 Å². The smallest absolute Gasteiger partial charge is 0.238 e. The number of amides is 1. The Kier molecular flexibility index (Phi) is 5.48. The van der Waals surface area contributed by atoms with E-state index in [1.54, 1.807) is 16.9 Å². The summed E-state index contributed by atoms with van der Waals surface area (Å²) in [5.41, 5.74) is 1.85. The molecule has 1 amide bonds. The molecule has 0 spiro atoms. The average molecular weight is 441 g/mol. The van der Waals surface area contributed by atoms with Crippen molar-refractivity contribution < 1.29 is 13.2 Å². The molecule has 0 atom stereocenters. The van der Waals surface area contributed by atoms with Crippen molar-refractivity contribution in [2.75, 3.05) is 11.1 Å². The highest BCUT2D eigenvalue weighted by atomic mass is 32.2. The molecule has 11 heteroatoms. The molecule has 4 rings (SSSR count). The Morgan fingerprint density at radius 2 is 1.90 bits per heavy atom. The summed E-state index contributed by atoms with van der Waals surface area (Å²) in [5, 5.41) is 13.5. The first-order valence-corrected chi connectivity index (χ1v) is 11.2. The maximum Gasteiger partial charge on any atom is 0.238 e. The zero-order chi connectivity index (χ0) is 21.1. The van der Waals surface area contributed by atoms with E-state index in [-0.39, 0.29) is 16.6 Å². The lowest BCUT2D eigenvalue weighted by Gasteiger charge is -2.07. The molecule has 4 aromatic rings. The van der Waals surface area contributed by atoms with Gasteiger partial charge in [-0.05, 0) is 30.3 Å². The largest absolute Gasteiger partial charge is 0.325 e. The minimum Gasteiger partial charge on any atom is -0.325 e. The number of anilines is 1. The summed E-state index contributed by atoms with van der Waals surface area (Å²) in [6.45, 7) is 0. The fraction of sp³-hybridized carbons (Fsp3) is 0.0526. The Balaban J connectivity index is 1.49. The first-order chi connectivity index (χ1) is 14.4. The SMILES string of the molecule is NS(=O)(=O)c1cccc(NC(=O)CSc2ncnc3c2cnn3-c2ccccc2)c1. The third kappa shape index (κ3) is 4.32. The van der Waals surface area contributed by atoms with Crippen LogP contribution in [0.3, 0.4) is 0 Å². The zero-order valence-corrected chi connectivity index (χ0v) is 17.1. The van der Waals surface area contributed by atoms with Crippen LogP contribution in [0.4, 0.5) is 5.69 Å². The van der Waals surface area contributed by atoms with Crippen molar-refractivity contribution in [2.24, 2.45) is 5.14 Å². The van der Waals surface area contributed by atoms with Gasteiger partial charge in [-0.3, -0.25) is 4.79 Å². The van der Waals surface area contributed by atoms with Gasteiger partial charge in [0.05, 0.1) is 27.9 Å². The molecule has 0 bridgehead atoms. The van der Waals surface area contributed by atoms with Gasteiger partial charge in [0.1, 0.15) is 11.4 Å². The van der Waals surface area contributed by atoms with Crippen LogP contribution in [-0.4, -0.2) is 39.8 Å². The number of carbonyl (C=O) groups excluding carboxylic acids is 1. The van der Waals surface area contributed by atoms with E-state index in [0.717, 1.165) is 11.1 Å². The second-order valence-electron chi connectivity index (χ2n) is 6.22. The number of nitrogens with one attached hydrogen (secondary N) is 1. The molecule has 0 aliphatic carbocycles. The molecule has 0 fully saturated rings. The molecule has 2 aromatic heterocycles. The van der Waals surface area contributed by atoms with Crippen LogP contribution in [0, 0.1) is 0 Å². The lowest BCUT2D eigenvalue weighted by Crippen LogP contribution is -2.16. The van der Waals surface area contributed by atoms with Crippen LogP contribution in [0.2, 0.25) is 0 Å². The normalized spacial score (nSPS) is 11.5. The van der Waals surface area contributed by atoms with Gasteiger partial charge in [-0.15, -0.1) is 0 Å². The van der Waals surface area contributed by atoms with Crippen LogP contribution in [0.5, 0.6) is 0 Å². The number of carbonyl (C=O) groups is 1. The summed E-state index contributed by atoms with van der Waals surface area (Å²) < 4.78 is 24.6. The number of fused-ring (bicyclic) bond motifs is 1. The Labute approximate surface area is 176 Å². The highest BCUT2D eigenvalue weighted by molar-refractivity contribution is 8.00. The van der Waals surface area contributed by atoms with Gasteiger partial charge in [0.2, 0.25) is 15.9 Å². The van der Waals surface area contributed by atoms with E-state index < -0.39 is 10.0 Å². The van der Waals surface area contributed by atoms with Crippen molar-refractivity contribution in [2.45, 2.75) is 9.92 Å². The van der Waals surface area contributed by atoms with E-state index >= 15 is 0 Å². The summed E-state index contributed by atoms with van der Waals surface area (Å²) in [6, 6.07) is 15.4. The monoisotopic (exact) mass is 440 g/mol. The number of primary sulfonamides is 1.